The second-order valence-corrected chi connectivity index (χ2v) is 3.17. The maximum Gasteiger partial charge on any atom is 0.254 e. The maximum atomic E-state index is 11.1. The van der Waals surface area contributed by atoms with E-state index in [2.05, 4.69) is 5.16 Å². The largest absolute Gasteiger partial charge is 0.497 e. The molecule has 1 aromatic heterocycles. The van der Waals surface area contributed by atoms with Crippen LogP contribution in [0.15, 0.2) is 35.1 Å². The van der Waals surface area contributed by atoms with E-state index in [0.29, 0.717) is 11.4 Å². The topological polar surface area (TPSA) is 78.3 Å². The lowest BCUT2D eigenvalue weighted by Gasteiger charge is -2.02. The molecule has 0 fully saturated rings. The Morgan fingerprint density at radius 2 is 2.31 bits per heavy atom. The summed E-state index contributed by atoms with van der Waals surface area (Å²) >= 11 is 0. The van der Waals surface area contributed by atoms with Crippen LogP contribution in [0.4, 0.5) is 0 Å². The van der Waals surface area contributed by atoms with E-state index in [1.165, 1.54) is 6.26 Å². The molecule has 1 heterocycles. The number of primary amides is 1. The molecule has 1 amide bonds. The third-order valence-electron chi connectivity index (χ3n) is 2.18. The Labute approximate surface area is 91.8 Å². The van der Waals surface area contributed by atoms with Gasteiger partial charge in [0.2, 0.25) is 0 Å². The monoisotopic (exact) mass is 218 g/mol. The Balaban J connectivity index is 2.50. The van der Waals surface area contributed by atoms with Gasteiger partial charge in [0.1, 0.15) is 23.3 Å². The van der Waals surface area contributed by atoms with Crippen LogP contribution in [-0.4, -0.2) is 18.2 Å². The Hall–Kier alpha value is -2.30. The van der Waals surface area contributed by atoms with E-state index in [1.807, 2.05) is 0 Å². The smallest absolute Gasteiger partial charge is 0.254 e. The molecule has 5 heteroatoms. The molecule has 0 aliphatic carbocycles. The molecule has 0 aliphatic rings. The van der Waals surface area contributed by atoms with Crippen molar-refractivity contribution in [1.29, 1.82) is 0 Å². The third-order valence-corrected chi connectivity index (χ3v) is 2.18. The highest BCUT2D eigenvalue weighted by Crippen LogP contribution is 2.25. The van der Waals surface area contributed by atoms with Crippen LogP contribution in [0.25, 0.3) is 11.3 Å². The number of ether oxygens (including phenoxy) is 1. The number of hydrogen-bond donors (Lipinski definition) is 1. The number of methoxy groups -OCH3 is 1. The standard InChI is InChI=1S/C11H10N2O3/c1-15-8-4-2-3-7(5-8)10-9(11(12)14)6-16-13-10/h2-6H,1H3,(H2,12,14). The molecule has 0 radical (unpaired) electrons. The van der Waals surface area contributed by atoms with Crippen molar-refractivity contribution in [3.63, 3.8) is 0 Å². The van der Waals surface area contributed by atoms with Crippen molar-refractivity contribution in [3.05, 3.63) is 36.1 Å². The lowest BCUT2D eigenvalue weighted by Crippen LogP contribution is -2.11. The summed E-state index contributed by atoms with van der Waals surface area (Å²) in [7, 11) is 1.57. The number of carbonyl (C=O) groups is 1. The molecule has 2 rings (SSSR count). The van der Waals surface area contributed by atoms with Crippen LogP contribution in [-0.2, 0) is 0 Å². The second kappa shape index (κ2) is 4.06. The van der Waals surface area contributed by atoms with Crippen LogP contribution in [0.3, 0.4) is 0 Å². The first-order valence-corrected chi connectivity index (χ1v) is 4.61. The first-order chi connectivity index (χ1) is 7.72. The molecule has 82 valence electrons. The van der Waals surface area contributed by atoms with Gasteiger partial charge in [-0.1, -0.05) is 17.3 Å². The number of nitrogens with zero attached hydrogens (tertiary/aromatic N) is 1. The Morgan fingerprint density at radius 1 is 1.50 bits per heavy atom. The number of carbonyl (C=O) groups excluding carboxylic acids is 1. The molecule has 0 atom stereocenters. The maximum absolute atomic E-state index is 11.1. The summed E-state index contributed by atoms with van der Waals surface area (Å²) in [6, 6.07) is 7.15. The molecule has 5 nitrogen and oxygen atoms in total. The van der Waals surface area contributed by atoms with E-state index in [1.54, 1.807) is 31.4 Å². The molecule has 0 saturated heterocycles. The van der Waals surface area contributed by atoms with Crippen molar-refractivity contribution >= 4 is 5.91 Å². The molecule has 0 saturated carbocycles. The van der Waals surface area contributed by atoms with Gasteiger partial charge in [0.25, 0.3) is 5.91 Å². The van der Waals surface area contributed by atoms with Gasteiger partial charge in [-0.05, 0) is 12.1 Å². The summed E-state index contributed by atoms with van der Waals surface area (Å²) in [4.78, 5) is 11.1. The minimum absolute atomic E-state index is 0.258. The highest BCUT2D eigenvalue weighted by Gasteiger charge is 2.14. The average molecular weight is 218 g/mol. The summed E-state index contributed by atoms with van der Waals surface area (Å²) in [6.07, 6.45) is 1.23. The predicted molar refractivity (Wildman–Crippen MR) is 57.0 cm³/mol. The third kappa shape index (κ3) is 1.75. The van der Waals surface area contributed by atoms with Crippen LogP contribution in [0, 0.1) is 0 Å². The minimum Gasteiger partial charge on any atom is -0.497 e. The number of benzene rings is 1. The molecule has 0 spiro atoms. The second-order valence-electron chi connectivity index (χ2n) is 3.17. The van der Waals surface area contributed by atoms with Crippen molar-refractivity contribution in [1.82, 2.24) is 5.16 Å². The van der Waals surface area contributed by atoms with E-state index < -0.39 is 5.91 Å². The quantitative estimate of drug-likeness (QED) is 0.845. The van der Waals surface area contributed by atoms with Gasteiger partial charge in [0.05, 0.1) is 7.11 Å². The fourth-order valence-corrected chi connectivity index (χ4v) is 1.39. The number of rotatable bonds is 3. The first kappa shape index (κ1) is 10.2. The summed E-state index contributed by atoms with van der Waals surface area (Å²) in [6.45, 7) is 0. The van der Waals surface area contributed by atoms with Crippen LogP contribution in [0.1, 0.15) is 10.4 Å². The fourth-order valence-electron chi connectivity index (χ4n) is 1.39. The summed E-state index contributed by atoms with van der Waals surface area (Å²) in [5, 5.41) is 3.75. The van der Waals surface area contributed by atoms with Crippen LogP contribution in [0.5, 0.6) is 5.75 Å². The van der Waals surface area contributed by atoms with Gasteiger partial charge in [0, 0.05) is 5.56 Å². The Kier molecular flexibility index (Phi) is 2.59. The van der Waals surface area contributed by atoms with Crippen molar-refractivity contribution in [2.24, 2.45) is 5.73 Å². The highest BCUT2D eigenvalue weighted by atomic mass is 16.5. The van der Waals surface area contributed by atoms with Crippen molar-refractivity contribution in [3.8, 4) is 17.0 Å². The van der Waals surface area contributed by atoms with Crippen LogP contribution >= 0.6 is 0 Å². The van der Waals surface area contributed by atoms with Crippen LogP contribution < -0.4 is 10.5 Å². The zero-order valence-electron chi connectivity index (χ0n) is 8.64. The number of amides is 1. The van der Waals surface area contributed by atoms with E-state index in [0.717, 1.165) is 5.56 Å². The molecule has 0 bridgehead atoms. The van der Waals surface area contributed by atoms with E-state index in [-0.39, 0.29) is 5.56 Å². The zero-order valence-corrected chi connectivity index (χ0v) is 8.64. The number of nitrogens with two attached hydrogens (primary N) is 1. The summed E-state index contributed by atoms with van der Waals surface area (Å²) in [5.41, 5.74) is 6.60. The molecule has 0 unspecified atom stereocenters. The van der Waals surface area contributed by atoms with Gasteiger partial charge in [-0.25, -0.2) is 0 Å². The molecule has 0 aliphatic heterocycles. The van der Waals surface area contributed by atoms with E-state index in [4.69, 9.17) is 15.0 Å². The van der Waals surface area contributed by atoms with Gasteiger partial charge in [-0.2, -0.15) is 0 Å². The number of aromatic nitrogens is 1. The summed E-state index contributed by atoms with van der Waals surface area (Å²) < 4.78 is 9.82. The van der Waals surface area contributed by atoms with Gasteiger partial charge >= 0.3 is 0 Å². The fraction of sp³-hybridized carbons (Fsp3) is 0.0909. The van der Waals surface area contributed by atoms with Crippen molar-refractivity contribution in [2.75, 3.05) is 7.11 Å². The van der Waals surface area contributed by atoms with Gasteiger partial charge in [-0.15, -0.1) is 0 Å². The molecular weight excluding hydrogens is 208 g/mol. The van der Waals surface area contributed by atoms with Crippen LogP contribution in [0.2, 0.25) is 0 Å². The zero-order chi connectivity index (χ0) is 11.5. The normalized spacial score (nSPS) is 10.1. The first-order valence-electron chi connectivity index (χ1n) is 4.61. The van der Waals surface area contributed by atoms with Crippen molar-refractivity contribution in [2.45, 2.75) is 0 Å². The van der Waals surface area contributed by atoms with E-state index >= 15 is 0 Å². The predicted octanol–water partition coefficient (Wildman–Crippen LogP) is 1.45. The molecular formula is C11H10N2O3. The van der Waals surface area contributed by atoms with Gasteiger partial charge in [0.15, 0.2) is 0 Å². The van der Waals surface area contributed by atoms with Gasteiger partial charge in [-0.3, -0.25) is 4.79 Å². The number of hydrogen-bond acceptors (Lipinski definition) is 4. The Bertz CT molecular complexity index is 519. The minimum atomic E-state index is -0.570. The molecule has 2 aromatic rings. The lowest BCUT2D eigenvalue weighted by atomic mass is 10.1. The van der Waals surface area contributed by atoms with Gasteiger partial charge < -0.3 is 15.0 Å². The highest BCUT2D eigenvalue weighted by molar-refractivity contribution is 5.98. The average Bonchev–Trinajstić information content (AvgIpc) is 2.78. The van der Waals surface area contributed by atoms with Crippen molar-refractivity contribution < 1.29 is 14.1 Å². The lowest BCUT2D eigenvalue weighted by molar-refractivity contribution is 0.1000. The molecule has 1 aromatic carbocycles. The van der Waals surface area contributed by atoms with E-state index in [9.17, 15) is 4.79 Å². The summed E-state index contributed by atoms with van der Waals surface area (Å²) in [5.74, 6) is 0.106. The molecule has 2 N–H and O–H groups in total. The molecule has 16 heavy (non-hydrogen) atoms. The Morgan fingerprint density at radius 3 is 3.00 bits per heavy atom. The SMILES string of the molecule is COc1cccc(-c2nocc2C(N)=O)c1.